The molecule has 0 N–H and O–H groups in total. The molecule has 0 radical (unpaired) electrons. The Bertz CT molecular complexity index is 722. The average Bonchev–Trinajstić information content (AvgIpc) is 2.91. The molecule has 3 fully saturated rings. The van der Waals surface area contributed by atoms with Gasteiger partial charge in [-0.3, -0.25) is 14.4 Å². The maximum Gasteiger partial charge on any atom is 0.302 e. The number of esters is 1. The summed E-state index contributed by atoms with van der Waals surface area (Å²) in [6, 6.07) is 0. The highest BCUT2D eigenvalue weighted by atomic mass is 16.5. The summed E-state index contributed by atoms with van der Waals surface area (Å²) in [6.07, 6.45) is 8.46. The van der Waals surface area contributed by atoms with Gasteiger partial charge in [-0.2, -0.15) is 0 Å². The Kier molecular flexibility index (Phi) is 4.40. The van der Waals surface area contributed by atoms with E-state index in [9.17, 15) is 14.4 Å². The zero-order chi connectivity index (χ0) is 19.6. The lowest BCUT2D eigenvalue weighted by Gasteiger charge is -2.59. The zero-order valence-corrected chi connectivity index (χ0v) is 17.0. The van der Waals surface area contributed by atoms with Crippen molar-refractivity contribution in [2.45, 2.75) is 78.7 Å². The monoisotopic (exact) mass is 372 g/mol. The number of ether oxygens (including phenoxy) is 1. The van der Waals surface area contributed by atoms with Crippen LogP contribution in [-0.4, -0.2) is 23.6 Å². The lowest BCUT2D eigenvalue weighted by atomic mass is 9.44. The fourth-order valence-corrected chi connectivity index (χ4v) is 7.50. The van der Waals surface area contributed by atoms with Gasteiger partial charge >= 0.3 is 5.97 Å². The quantitative estimate of drug-likeness (QED) is 0.679. The van der Waals surface area contributed by atoms with Gasteiger partial charge < -0.3 is 4.74 Å². The van der Waals surface area contributed by atoms with E-state index in [1.807, 2.05) is 0 Å². The van der Waals surface area contributed by atoms with Crippen molar-refractivity contribution >= 4 is 17.5 Å². The van der Waals surface area contributed by atoms with E-state index >= 15 is 0 Å². The van der Waals surface area contributed by atoms with Crippen LogP contribution in [0.25, 0.3) is 0 Å². The normalized spacial score (nSPS) is 46.0. The van der Waals surface area contributed by atoms with Crippen LogP contribution < -0.4 is 0 Å². The largest absolute Gasteiger partial charge is 0.463 e. The summed E-state index contributed by atoms with van der Waals surface area (Å²) >= 11 is 0. The van der Waals surface area contributed by atoms with E-state index < -0.39 is 0 Å². The third-order valence-corrected chi connectivity index (χ3v) is 8.60. The van der Waals surface area contributed by atoms with Crippen molar-refractivity contribution in [2.24, 2.45) is 34.5 Å². The van der Waals surface area contributed by atoms with E-state index in [1.54, 1.807) is 6.92 Å². The maximum absolute atomic E-state index is 13.4. The molecule has 4 heteroatoms. The number of Topliss-reactive ketones (excluding diaryl/α,β-unsaturated/α-hetero) is 2. The van der Waals surface area contributed by atoms with Crippen LogP contribution in [0, 0.1) is 34.5 Å². The van der Waals surface area contributed by atoms with Gasteiger partial charge in [0.1, 0.15) is 11.9 Å². The van der Waals surface area contributed by atoms with Crippen LogP contribution in [0.2, 0.25) is 0 Å². The Morgan fingerprint density at radius 1 is 1.15 bits per heavy atom. The molecule has 0 spiro atoms. The Hall–Kier alpha value is -1.45. The fourth-order valence-electron chi connectivity index (χ4n) is 7.50. The third-order valence-electron chi connectivity index (χ3n) is 8.60. The summed E-state index contributed by atoms with van der Waals surface area (Å²) in [6.45, 7) is 7.59. The summed E-state index contributed by atoms with van der Waals surface area (Å²) in [7, 11) is 0. The van der Waals surface area contributed by atoms with Gasteiger partial charge in [0, 0.05) is 24.7 Å². The molecule has 0 heterocycles. The van der Waals surface area contributed by atoms with Gasteiger partial charge in [0.2, 0.25) is 0 Å². The fraction of sp³-hybridized carbons (Fsp3) is 0.783. The minimum atomic E-state index is -0.262. The second kappa shape index (κ2) is 6.28. The summed E-state index contributed by atoms with van der Waals surface area (Å²) in [5.41, 5.74) is 0.643. The number of allylic oxidation sites excluding steroid dienone is 2. The van der Waals surface area contributed by atoms with Crippen molar-refractivity contribution < 1.29 is 19.1 Å². The molecule has 27 heavy (non-hydrogen) atoms. The molecule has 148 valence electrons. The molecule has 0 saturated heterocycles. The van der Waals surface area contributed by atoms with Crippen molar-refractivity contribution in [1.29, 1.82) is 0 Å². The van der Waals surface area contributed by atoms with E-state index in [0.717, 1.165) is 44.1 Å². The van der Waals surface area contributed by atoms with Crippen molar-refractivity contribution in [1.82, 2.24) is 0 Å². The number of carbonyl (C=O) groups excluding carboxylic acids is 3. The van der Waals surface area contributed by atoms with Crippen molar-refractivity contribution in [3.8, 4) is 0 Å². The van der Waals surface area contributed by atoms with Gasteiger partial charge in [-0.05, 0) is 74.2 Å². The topological polar surface area (TPSA) is 60.4 Å². The Labute approximate surface area is 162 Å². The van der Waals surface area contributed by atoms with Gasteiger partial charge in [0.15, 0.2) is 5.78 Å². The molecule has 0 unspecified atom stereocenters. The second-order valence-corrected chi connectivity index (χ2v) is 10.0. The number of ketones is 2. The molecule has 4 nitrogen and oxygen atoms in total. The Balaban J connectivity index is 1.60. The molecule has 0 aromatic rings. The lowest BCUT2D eigenvalue weighted by molar-refractivity contribution is -0.166. The summed E-state index contributed by atoms with van der Waals surface area (Å²) in [5, 5.41) is 0. The SMILES string of the molecule is CC(=O)O[C@@H]1CC[C@]2(C)[C@H](CC[C@H]3[C@@H]2C(=O)C[C@]2(C)C(C(C)=O)=CC[C@@H]32)C1. The van der Waals surface area contributed by atoms with Crippen LogP contribution in [0.4, 0.5) is 0 Å². The smallest absolute Gasteiger partial charge is 0.302 e. The van der Waals surface area contributed by atoms with Gasteiger partial charge in [-0.1, -0.05) is 19.9 Å². The first-order valence-electron chi connectivity index (χ1n) is 10.6. The molecule has 0 aromatic heterocycles. The van der Waals surface area contributed by atoms with Crippen LogP contribution in [0.15, 0.2) is 11.6 Å². The van der Waals surface area contributed by atoms with E-state index in [-0.39, 0.29) is 34.6 Å². The van der Waals surface area contributed by atoms with Crippen LogP contribution in [0.1, 0.15) is 72.6 Å². The molecule has 4 rings (SSSR count). The highest BCUT2D eigenvalue weighted by molar-refractivity contribution is 5.97. The summed E-state index contributed by atoms with van der Waals surface area (Å²) in [5.74, 6) is 1.66. The molecule has 4 aliphatic rings. The van der Waals surface area contributed by atoms with Crippen molar-refractivity contribution in [2.75, 3.05) is 0 Å². The van der Waals surface area contributed by atoms with Gasteiger partial charge in [-0.15, -0.1) is 0 Å². The zero-order valence-electron chi connectivity index (χ0n) is 17.0. The standard InChI is InChI=1S/C23H32O4/c1-13(24)18-7-8-19-17-6-5-15-11-16(27-14(2)25)9-10-22(15,3)21(17)20(26)12-23(18,19)4/h7,15-17,19,21H,5-6,8-12H2,1-4H3/t15-,16-,17-,19+,21-,22-,23-/m1/s1. The Morgan fingerprint density at radius 3 is 2.56 bits per heavy atom. The highest BCUT2D eigenvalue weighted by Crippen LogP contribution is 2.65. The second-order valence-electron chi connectivity index (χ2n) is 10.0. The molecule has 0 aromatic carbocycles. The summed E-state index contributed by atoms with van der Waals surface area (Å²) in [4.78, 5) is 37.0. The van der Waals surface area contributed by atoms with E-state index in [1.165, 1.54) is 6.92 Å². The number of hydrogen-bond acceptors (Lipinski definition) is 4. The molecule has 4 aliphatic carbocycles. The first-order chi connectivity index (χ1) is 12.7. The van der Waals surface area contributed by atoms with Crippen molar-refractivity contribution in [3.05, 3.63) is 11.6 Å². The van der Waals surface area contributed by atoms with E-state index in [2.05, 4.69) is 19.9 Å². The molecule has 0 aliphatic heterocycles. The Morgan fingerprint density at radius 2 is 1.89 bits per heavy atom. The number of fused-ring (bicyclic) bond motifs is 5. The van der Waals surface area contributed by atoms with Crippen LogP contribution in [-0.2, 0) is 19.1 Å². The molecule has 3 saturated carbocycles. The number of rotatable bonds is 2. The minimum Gasteiger partial charge on any atom is -0.463 e. The minimum absolute atomic E-state index is 0.0109. The predicted octanol–water partition coefficient (Wildman–Crippen LogP) is 4.27. The molecule has 0 amide bonds. The molecular weight excluding hydrogens is 340 g/mol. The molecular formula is C23H32O4. The third kappa shape index (κ3) is 2.74. The van der Waals surface area contributed by atoms with Gasteiger partial charge in [-0.25, -0.2) is 0 Å². The highest BCUT2D eigenvalue weighted by Gasteiger charge is 2.62. The summed E-state index contributed by atoms with van der Waals surface area (Å²) < 4.78 is 5.50. The lowest BCUT2D eigenvalue weighted by Crippen LogP contribution is -2.57. The van der Waals surface area contributed by atoms with Crippen molar-refractivity contribution in [3.63, 3.8) is 0 Å². The first kappa shape index (κ1) is 18.9. The van der Waals surface area contributed by atoms with Gasteiger partial charge in [0.05, 0.1) is 0 Å². The average molecular weight is 373 g/mol. The number of hydrogen-bond donors (Lipinski definition) is 0. The van der Waals surface area contributed by atoms with Crippen LogP contribution in [0.5, 0.6) is 0 Å². The van der Waals surface area contributed by atoms with E-state index in [0.29, 0.717) is 30.0 Å². The van der Waals surface area contributed by atoms with E-state index in [4.69, 9.17) is 4.74 Å². The first-order valence-corrected chi connectivity index (χ1v) is 10.6. The molecule has 7 atom stereocenters. The van der Waals surface area contributed by atoms with Crippen LogP contribution >= 0.6 is 0 Å². The predicted molar refractivity (Wildman–Crippen MR) is 102 cm³/mol. The molecule has 0 bridgehead atoms. The maximum atomic E-state index is 13.4. The van der Waals surface area contributed by atoms with Crippen LogP contribution in [0.3, 0.4) is 0 Å². The van der Waals surface area contributed by atoms with Gasteiger partial charge in [0.25, 0.3) is 0 Å². The number of carbonyl (C=O) groups is 3.